The zero-order valence-electron chi connectivity index (χ0n) is 16.6. The molecule has 25 heavy (non-hydrogen) atoms. The van der Waals surface area contributed by atoms with Gasteiger partial charge >= 0.3 is 0 Å². The number of likely N-dealkylation sites (tertiary alicyclic amines) is 1. The maximum atomic E-state index is 6.59. The molecule has 2 heterocycles. The van der Waals surface area contributed by atoms with Crippen LogP contribution in [-0.2, 0) is 4.43 Å². The van der Waals surface area contributed by atoms with Crippen molar-refractivity contribution in [3.8, 4) is 0 Å². The van der Waals surface area contributed by atoms with Gasteiger partial charge in [0.1, 0.15) is 0 Å². The van der Waals surface area contributed by atoms with Crippen LogP contribution in [0.4, 0.5) is 0 Å². The molecule has 4 heteroatoms. The predicted molar refractivity (Wildman–Crippen MR) is 109 cm³/mol. The Morgan fingerprint density at radius 1 is 1.16 bits per heavy atom. The van der Waals surface area contributed by atoms with Crippen LogP contribution in [0.5, 0.6) is 0 Å². The minimum Gasteiger partial charge on any atom is -0.415 e. The minimum absolute atomic E-state index is 0.264. The highest BCUT2D eigenvalue weighted by Gasteiger charge is 2.41. The molecule has 138 valence electrons. The number of hydrogen-bond donors (Lipinski definition) is 0. The van der Waals surface area contributed by atoms with Gasteiger partial charge in [-0.25, -0.2) is 0 Å². The van der Waals surface area contributed by atoms with Crippen LogP contribution in [-0.4, -0.2) is 38.2 Å². The molecule has 1 aromatic carbocycles. The highest BCUT2D eigenvalue weighted by atomic mass is 28.4. The van der Waals surface area contributed by atoms with Crippen molar-refractivity contribution < 1.29 is 4.43 Å². The number of rotatable bonds is 4. The molecule has 0 N–H and O–H groups in total. The zero-order chi connectivity index (χ0) is 18.1. The van der Waals surface area contributed by atoms with Crippen molar-refractivity contribution in [2.45, 2.75) is 76.7 Å². The largest absolute Gasteiger partial charge is 0.415 e. The SMILES string of the molecule is CC(C)(C)[Si](C)(C)OCC1CCC(c2ccccc2)N1C1=NCCC1. The fraction of sp³-hybridized carbons (Fsp3) is 0.667. The maximum Gasteiger partial charge on any atom is 0.192 e. The van der Waals surface area contributed by atoms with Gasteiger partial charge in [-0.2, -0.15) is 0 Å². The van der Waals surface area contributed by atoms with Crippen LogP contribution in [0.15, 0.2) is 35.3 Å². The van der Waals surface area contributed by atoms with E-state index in [1.807, 2.05) is 0 Å². The number of aliphatic imine (C=N–C) groups is 1. The molecule has 1 fully saturated rings. The van der Waals surface area contributed by atoms with Gasteiger partial charge in [-0.05, 0) is 43.0 Å². The Hall–Kier alpha value is -1.13. The smallest absolute Gasteiger partial charge is 0.192 e. The second-order valence-corrected chi connectivity index (χ2v) is 13.8. The maximum absolute atomic E-state index is 6.59. The first-order valence-electron chi connectivity index (χ1n) is 9.80. The summed E-state index contributed by atoms with van der Waals surface area (Å²) in [5, 5.41) is 0.264. The summed E-state index contributed by atoms with van der Waals surface area (Å²) in [5.41, 5.74) is 1.42. The number of hydrogen-bond acceptors (Lipinski definition) is 3. The van der Waals surface area contributed by atoms with E-state index < -0.39 is 8.32 Å². The minimum atomic E-state index is -1.71. The molecule has 0 radical (unpaired) electrons. The second kappa shape index (κ2) is 7.24. The van der Waals surface area contributed by atoms with Crippen molar-refractivity contribution in [2.24, 2.45) is 4.99 Å². The van der Waals surface area contributed by atoms with Crippen LogP contribution in [0.1, 0.15) is 58.1 Å². The molecular formula is C21H34N2OSi. The van der Waals surface area contributed by atoms with E-state index in [0.29, 0.717) is 12.1 Å². The van der Waals surface area contributed by atoms with Gasteiger partial charge in [0.25, 0.3) is 0 Å². The van der Waals surface area contributed by atoms with E-state index in [4.69, 9.17) is 9.42 Å². The third-order valence-electron chi connectivity index (χ3n) is 6.28. The van der Waals surface area contributed by atoms with Crippen molar-refractivity contribution in [1.29, 1.82) is 0 Å². The number of benzene rings is 1. The fourth-order valence-corrected chi connectivity index (χ4v) is 4.74. The molecule has 0 aliphatic carbocycles. The standard InChI is InChI=1S/C21H34N2OSi/c1-21(2,3)25(4,5)24-16-18-13-14-19(17-10-7-6-8-11-17)23(18)20-12-9-15-22-20/h6-8,10-11,18-19H,9,12-16H2,1-5H3. The molecule has 0 aromatic heterocycles. The molecule has 2 atom stereocenters. The van der Waals surface area contributed by atoms with Crippen LogP contribution in [0.25, 0.3) is 0 Å². The van der Waals surface area contributed by atoms with Crippen LogP contribution in [0.2, 0.25) is 18.1 Å². The highest BCUT2D eigenvalue weighted by Crippen LogP contribution is 2.40. The van der Waals surface area contributed by atoms with E-state index in [9.17, 15) is 0 Å². The van der Waals surface area contributed by atoms with E-state index in [-0.39, 0.29) is 5.04 Å². The van der Waals surface area contributed by atoms with Crippen LogP contribution >= 0.6 is 0 Å². The Balaban J connectivity index is 1.77. The lowest BCUT2D eigenvalue weighted by Gasteiger charge is -2.39. The van der Waals surface area contributed by atoms with Gasteiger partial charge in [-0.15, -0.1) is 0 Å². The first-order valence-corrected chi connectivity index (χ1v) is 12.7. The molecule has 3 nitrogen and oxygen atoms in total. The molecule has 2 aliphatic heterocycles. The Bertz CT molecular complexity index is 606. The van der Waals surface area contributed by atoms with Crippen LogP contribution < -0.4 is 0 Å². The predicted octanol–water partition coefficient (Wildman–Crippen LogP) is 5.41. The fourth-order valence-electron chi connectivity index (χ4n) is 3.70. The zero-order valence-corrected chi connectivity index (χ0v) is 17.6. The average molecular weight is 359 g/mol. The van der Waals surface area contributed by atoms with E-state index >= 15 is 0 Å². The molecule has 0 saturated carbocycles. The van der Waals surface area contributed by atoms with E-state index in [1.165, 1.54) is 30.7 Å². The lowest BCUT2D eigenvalue weighted by molar-refractivity contribution is 0.192. The lowest BCUT2D eigenvalue weighted by atomic mass is 10.0. The Labute approximate surface area is 154 Å². The third kappa shape index (κ3) is 4.00. The molecular weight excluding hydrogens is 324 g/mol. The first-order chi connectivity index (χ1) is 11.8. The molecule has 0 amide bonds. The quantitative estimate of drug-likeness (QED) is 0.673. The monoisotopic (exact) mass is 358 g/mol. The summed E-state index contributed by atoms with van der Waals surface area (Å²) in [5.74, 6) is 1.31. The van der Waals surface area contributed by atoms with Crippen molar-refractivity contribution in [2.75, 3.05) is 13.2 Å². The van der Waals surface area contributed by atoms with E-state index in [0.717, 1.165) is 19.6 Å². The molecule has 1 aromatic rings. The Morgan fingerprint density at radius 3 is 2.48 bits per heavy atom. The van der Waals surface area contributed by atoms with Gasteiger partial charge in [0, 0.05) is 13.0 Å². The summed E-state index contributed by atoms with van der Waals surface area (Å²) in [6.45, 7) is 13.5. The van der Waals surface area contributed by atoms with Crippen molar-refractivity contribution in [3.63, 3.8) is 0 Å². The van der Waals surface area contributed by atoms with E-state index in [2.05, 4.69) is 69.1 Å². The first kappa shape index (κ1) is 18.7. The third-order valence-corrected chi connectivity index (χ3v) is 10.8. The normalized spacial score (nSPS) is 24.7. The lowest BCUT2D eigenvalue weighted by Crippen LogP contribution is -2.46. The number of nitrogens with zero attached hydrogens (tertiary/aromatic N) is 2. The summed E-state index contributed by atoms with van der Waals surface area (Å²) in [6, 6.07) is 11.9. The second-order valence-electron chi connectivity index (χ2n) is 9.04. The molecule has 3 rings (SSSR count). The van der Waals surface area contributed by atoms with Gasteiger partial charge in [0.15, 0.2) is 8.32 Å². The van der Waals surface area contributed by atoms with Crippen LogP contribution in [0, 0.1) is 0 Å². The van der Waals surface area contributed by atoms with Crippen LogP contribution in [0.3, 0.4) is 0 Å². The molecule has 2 aliphatic rings. The summed E-state index contributed by atoms with van der Waals surface area (Å²) < 4.78 is 6.59. The summed E-state index contributed by atoms with van der Waals surface area (Å²) in [7, 11) is -1.71. The van der Waals surface area contributed by atoms with Crippen molar-refractivity contribution in [1.82, 2.24) is 4.90 Å². The van der Waals surface area contributed by atoms with Gasteiger partial charge in [-0.3, -0.25) is 4.99 Å². The molecule has 1 saturated heterocycles. The summed E-state index contributed by atoms with van der Waals surface area (Å²) >= 11 is 0. The highest BCUT2D eigenvalue weighted by molar-refractivity contribution is 6.74. The van der Waals surface area contributed by atoms with Crippen molar-refractivity contribution in [3.05, 3.63) is 35.9 Å². The topological polar surface area (TPSA) is 24.8 Å². The van der Waals surface area contributed by atoms with Gasteiger partial charge < -0.3 is 9.33 Å². The van der Waals surface area contributed by atoms with Crippen molar-refractivity contribution >= 4 is 14.2 Å². The van der Waals surface area contributed by atoms with E-state index in [1.54, 1.807) is 0 Å². The molecule has 2 unspecified atom stereocenters. The number of amidine groups is 1. The van der Waals surface area contributed by atoms with Gasteiger partial charge in [0.05, 0.1) is 24.5 Å². The average Bonchev–Trinajstić information content (AvgIpc) is 3.22. The summed E-state index contributed by atoms with van der Waals surface area (Å²) in [4.78, 5) is 7.44. The molecule has 0 spiro atoms. The molecule has 0 bridgehead atoms. The Kier molecular flexibility index (Phi) is 5.40. The summed E-state index contributed by atoms with van der Waals surface area (Å²) in [6.07, 6.45) is 4.73. The Morgan fingerprint density at radius 2 is 1.88 bits per heavy atom. The van der Waals surface area contributed by atoms with Gasteiger partial charge in [0.2, 0.25) is 0 Å². The van der Waals surface area contributed by atoms with Gasteiger partial charge in [-0.1, -0.05) is 51.1 Å².